The molecule has 2 aromatic carbocycles. The molecule has 0 radical (unpaired) electrons. The summed E-state index contributed by atoms with van der Waals surface area (Å²) in [4.78, 5) is 45.8. The van der Waals surface area contributed by atoms with Gasteiger partial charge in [0.1, 0.15) is 11.6 Å². The third-order valence-electron chi connectivity index (χ3n) is 9.33. The van der Waals surface area contributed by atoms with Gasteiger partial charge in [0.25, 0.3) is 0 Å². The number of carbonyl (C=O) groups excluding carboxylic acids is 3. The summed E-state index contributed by atoms with van der Waals surface area (Å²) in [6, 6.07) is 14.8. The van der Waals surface area contributed by atoms with Crippen LogP contribution in [0.5, 0.6) is 0 Å². The largest absolute Gasteiger partial charge is 0.359 e. The van der Waals surface area contributed by atoms with Crippen molar-refractivity contribution in [3.8, 4) is 0 Å². The highest BCUT2D eigenvalue weighted by atomic mass is 35.5. The van der Waals surface area contributed by atoms with Gasteiger partial charge >= 0.3 is 0 Å². The summed E-state index contributed by atoms with van der Waals surface area (Å²) in [6.45, 7) is 3.54. The molecule has 5 atom stereocenters. The van der Waals surface area contributed by atoms with Crippen LogP contribution in [0.2, 0.25) is 5.02 Å². The van der Waals surface area contributed by atoms with E-state index in [1.165, 1.54) is 12.0 Å². The van der Waals surface area contributed by atoms with E-state index in [4.69, 9.17) is 16.3 Å². The topological polar surface area (TPSA) is 91.0 Å². The number of ether oxygens (including phenoxy) is 1. The summed E-state index contributed by atoms with van der Waals surface area (Å²) in [5, 5.41) is 6.75. The van der Waals surface area contributed by atoms with Crippen molar-refractivity contribution in [3.05, 3.63) is 76.8 Å². The molecule has 2 aromatic rings. The molecule has 0 aromatic heterocycles. The number of hydrogen-bond acceptors (Lipinski definition) is 5. The van der Waals surface area contributed by atoms with Crippen LogP contribution in [-0.4, -0.2) is 71.4 Å². The van der Waals surface area contributed by atoms with E-state index < -0.39 is 29.6 Å². The number of likely N-dealkylation sites (tertiary alicyclic amines) is 1. The Kier molecular flexibility index (Phi) is 8.13. The number of rotatable bonds is 9. The molecule has 1 aliphatic carbocycles. The fraction of sp³-hybridized carbons (Fsp3) is 0.485. The minimum atomic E-state index is -1.18. The SMILES string of the molecule is Cc1ccc(NC(=O)C2C3C=CC4(O3)C2C(=O)N(CCN(C)Cc2ccccc2)C4C(=O)NC2CCCCC2)cc1Cl. The van der Waals surface area contributed by atoms with Gasteiger partial charge < -0.3 is 25.2 Å². The number of fused-ring (bicyclic) bond motifs is 1. The number of nitrogens with one attached hydrogen (secondary N) is 2. The second-order valence-electron chi connectivity index (χ2n) is 12.3. The number of hydrogen-bond donors (Lipinski definition) is 2. The molecule has 2 saturated heterocycles. The Bertz CT molecular complexity index is 1380. The molecule has 2 bridgehead atoms. The molecule has 3 fully saturated rings. The van der Waals surface area contributed by atoms with Crippen LogP contribution in [0.1, 0.15) is 43.2 Å². The Hall–Kier alpha value is -3.20. The van der Waals surface area contributed by atoms with Crippen molar-refractivity contribution in [2.24, 2.45) is 11.8 Å². The van der Waals surface area contributed by atoms with Crippen LogP contribution in [-0.2, 0) is 25.7 Å². The van der Waals surface area contributed by atoms with Crippen molar-refractivity contribution in [1.82, 2.24) is 15.1 Å². The summed E-state index contributed by atoms with van der Waals surface area (Å²) >= 11 is 6.30. The second-order valence-corrected chi connectivity index (χ2v) is 12.7. The van der Waals surface area contributed by atoms with Crippen LogP contribution < -0.4 is 10.6 Å². The highest BCUT2D eigenvalue weighted by Crippen LogP contribution is 2.55. The van der Waals surface area contributed by atoms with E-state index in [1.807, 2.05) is 50.4 Å². The summed E-state index contributed by atoms with van der Waals surface area (Å²) < 4.78 is 6.49. The number of halogens is 1. The van der Waals surface area contributed by atoms with Gasteiger partial charge in [-0.1, -0.05) is 79.4 Å². The fourth-order valence-electron chi connectivity index (χ4n) is 7.18. The molecule has 9 heteroatoms. The predicted molar refractivity (Wildman–Crippen MR) is 162 cm³/mol. The number of likely N-dealkylation sites (N-methyl/N-ethyl adjacent to an activating group) is 1. The molecule has 222 valence electrons. The molecule has 6 rings (SSSR count). The summed E-state index contributed by atoms with van der Waals surface area (Å²) in [5.74, 6) is -2.24. The quantitative estimate of drug-likeness (QED) is 0.425. The minimum absolute atomic E-state index is 0.0902. The highest BCUT2D eigenvalue weighted by Gasteiger charge is 2.72. The van der Waals surface area contributed by atoms with Gasteiger partial charge in [-0.15, -0.1) is 0 Å². The summed E-state index contributed by atoms with van der Waals surface area (Å²) in [5.41, 5.74) is 1.47. The lowest BCUT2D eigenvalue weighted by Gasteiger charge is -2.34. The number of aryl methyl sites for hydroxylation is 1. The third kappa shape index (κ3) is 5.36. The first-order valence-corrected chi connectivity index (χ1v) is 15.4. The molecule has 3 aliphatic heterocycles. The average Bonchev–Trinajstić information content (AvgIpc) is 3.62. The van der Waals surface area contributed by atoms with Crippen LogP contribution in [0.4, 0.5) is 5.69 Å². The van der Waals surface area contributed by atoms with Crippen LogP contribution in [0, 0.1) is 18.8 Å². The number of carbonyl (C=O) groups is 3. The Morgan fingerprint density at radius 1 is 1.10 bits per heavy atom. The molecule has 5 unspecified atom stereocenters. The van der Waals surface area contributed by atoms with Gasteiger partial charge in [-0.2, -0.15) is 0 Å². The van der Waals surface area contributed by atoms with Crippen molar-refractivity contribution in [2.45, 2.75) is 69.4 Å². The second kappa shape index (κ2) is 11.8. The molecule has 3 heterocycles. The fourth-order valence-corrected chi connectivity index (χ4v) is 7.36. The summed E-state index contributed by atoms with van der Waals surface area (Å²) in [6.07, 6.45) is 8.36. The standard InChI is InChI=1S/C33H39ClN4O4/c1-21-13-14-24(19-25(21)34)36-30(39)27-26-15-16-33(42-26)28(27)32(41)38(18-17-37(2)20-22-9-5-3-6-10-22)29(33)31(40)35-23-11-7-4-8-12-23/h3,5-6,9-10,13-16,19,23,26-29H,4,7-8,11-12,17-18,20H2,1-2H3,(H,35,40)(H,36,39). The molecule has 1 saturated carbocycles. The Morgan fingerprint density at radius 2 is 1.86 bits per heavy atom. The van der Waals surface area contributed by atoms with Crippen molar-refractivity contribution in [1.29, 1.82) is 0 Å². The molecule has 42 heavy (non-hydrogen) atoms. The first kappa shape index (κ1) is 28.9. The average molecular weight is 591 g/mol. The lowest BCUT2D eigenvalue weighted by Crippen LogP contribution is -2.57. The monoisotopic (exact) mass is 590 g/mol. The van der Waals surface area contributed by atoms with Crippen LogP contribution in [0.15, 0.2) is 60.7 Å². The van der Waals surface area contributed by atoms with Gasteiger partial charge in [-0.3, -0.25) is 14.4 Å². The van der Waals surface area contributed by atoms with Crippen LogP contribution in [0.3, 0.4) is 0 Å². The van der Waals surface area contributed by atoms with E-state index in [1.54, 1.807) is 17.0 Å². The van der Waals surface area contributed by atoms with Gasteiger partial charge in [-0.25, -0.2) is 0 Å². The zero-order valence-electron chi connectivity index (χ0n) is 24.2. The van der Waals surface area contributed by atoms with Gasteiger partial charge in [0.2, 0.25) is 17.7 Å². The van der Waals surface area contributed by atoms with Crippen molar-refractivity contribution in [2.75, 3.05) is 25.5 Å². The van der Waals surface area contributed by atoms with Crippen LogP contribution >= 0.6 is 11.6 Å². The maximum Gasteiger partial charge on any atom is 0.246 e. The van der Waals surface area contributed by atoms with E-state index in [2.05, 4.69) is 27.7 Å². The van der Waals surface area contributed by atoms with Crippen molar-refractivity contribution in [3.63, 3.8) is 0 Å². The molecular formula is C33H39ClN4O4. The van der Waals surface area contributed by atoms with Gasteiger partial charge in [-0.05, 0) is 50.1 Å². The smallest absolute Gasteiger partial charge is 0.246 e. The van der Waals surface area contributed by atoms with E-state index in [-0.39, 0.29) is 23.8 Å². The lowest BCUT2D eigenvalue weighted by atomic mass is 9.74. The zero-order chi connectivity index (χ0) is 29.4. The first-order valence-electron chi connectivity index (χ1n) is 15.0. The van der Waals surface area contributed by atoms with E-state index in [0.29, 0.717) is 23.8 Å². The van der Waals surface area contributed by atoms with Gasteiger partial charge in [0.15, 0.2) is 0 Å². The molecule has 8 nitrogen and oxygen atoms in total. The van der Waals surface area contributed by atoms with E-state index in [9.17, 15) is 14.4 Å². The minimum Gasteiger partial charge on any atom is -0.359 e. The van der Waals surface area contributed by atoms with Crippen molar-refractivity contribution >= 4 is 35.0 Å². The number of amides is 3. The third-order valence-corrected chi connectivity index (χ3v) is 9.74. The number of benzene rings is 2. The number of nitrogens with zero attached hydrogens (tertiary/aromatic N) is 2. The maximum absolute atomic E-state index is 14.2. The van der Waals surface area contributed by atoms with E-state index >= 15 is 0 Å². The van der Waals surface area contributed by atoms with Gasteiger partial charge in [0, 0.05) is 36.4 Å². The zero-order valence-corrected chi connectivity index (χ0v) is 25.0. The Balaban J connectivity index is 1.25. The normalized spacial score (nSPS) is 28.4. The van der Waals surface area contributed by atoms with Gasteiger partial charge in [0.05, 0.1) is 17.9 Å². The molecular weight excluding hydrogens is 552 g/mol. The Labute approximate surface area is 252 Å². The lowest BCUT2D eigenvalue weighted by molar-refractivity contribution is -0.141. The molecule has 1 spiro atoms. The molecule has 2 N–H and O–H groups in total. The summed E-state index contributed by atoms with van der Waals surface area (Å²) in [7, 11) is 2.01. The predicted octanol–water partition coefficient (Wildman–Crippen LogP) is 4.32. The molecule has 4 aliphatic rings. The molecule has 3 amide bonds. The number of anilines is 1. The van der Waals surface area contributed by atoms with Crippen molar-refractivity contribution < 1.29 is 19.1 Å². The first-order chi connectivity index (χ1) is 20.3. The van der Waals surface area contributed by atoms with E-state index in [0.717, 1.165) is 37.8 Å². The Morgan fingerprint density at radius 3 is 2.60 bits per heavy atom. The highest BCUT2D eigenvalue weighted by molar-refractivity contribution is 6.31. The van der Waals surface area contributed by atoms with Crippen LogP contribution in [0.25, 0.3) is 0 Å². The maximum atomic E-state index is 14.2.